The van der Waals surface area contributed by atoms with E-state index >= 15 is 0 Å². The minimum absolute atomic E-state index is 0.638. The van der Waals surface area contributed by atoms with Gasteiger partial charge in [-0.15, -0.1) is 0 Å². The molecule has 0 saturated carbocycles. The smallest absolute Gasteiger partial charge is 0.180 e. The first-order valence-corrected chi connectivity index (χ1v) is 7.02. The summed E-state index contributed by atoms with van der Waals surface area (Å²) in [6.45, 7) is 0. The minimum atomic E-state index is 0.638. The van der Waals surface area contributed by atoms with Crippen molar-refractivity contribution in [2.75, 3.05) is 5.73 Å². The number of nitrogen functional groups attached to an aromatic ring is 1. The topological polar surface area (TPSA) is 56.7 Å². The highest BCUT2D eigenvalue weighted by Gasteiger charge is 2.25. The molecule has 1 aliphatic carbocycles. The molecule has 0 aliphatic heterocycles. The van der Waals surface area contributed by atoms with E-state index in [4.69, 9.17) is 5.73 Å². The fraction of sp³-hybridized carbons (Fsp3) is 0.143. The van der Waals surface area contributed by atoms with E-state index in [-0.39, 0.29) is 0 Å². The second-order valence-corrected chi connectivity index (χ2v) is 5.62. The maximum absolute atomic E-state index is 5.85. The Kier molecular flexibility index (Phi) is 2.22. The van der Waals surface area contributed by atoms with Gasteiger partial charge in [0, 0.05) is 0 Å². The SMILES string of the molecule is Nc1nc2c(s1)-c1c(cnn1-c1ccccc1)CC2. The van der Waals surface area contributed by atoms with E-state index in [1.807, 2.05) is 29.1 Å². The van der Waals surface area contributed by atoms with Crippen LogP contribution in [0.15, 0.2) is 36.5 Å². The summed E-state index contributed by atoms with van der Waals surface area (Å²) in [5, 5.41) is 5.17. The van der Waals surface area contributed by atoms with Crippen LogP contribution < -0.4 is 5.73 Å². The van der Waals surface area contributed by atoms with Crippen molar-refractivity contribution in [1.29, 1.82) is 0 Å². The molecule has 0 unspecified atom stereocenters. The number of benzene rings is 1. The van der Waals surface area contributed by atoms with Gasteiger partial charge in [0.05, 0.1) is 28.1 Å². The number of thiazole rings is 1. The van der Waals surface area contributed by atoms with Gasteiger partial charge in [0.15, 0.2) is 5.13 Å². The highest BCUT2D eigenvalue weighted by molar-refractivity contribution is 7.18. The average molecular weight is 268 g/mol. The van der Waals surface area contributed by atoms with E-state index in [2.05, 4.69) is 22.2 Å². The van der Waals surface area contributed by atoms with Crippen molar-refractivity contribution in [3.05, 3.63) is 47.8 Å². The molecule has 3 aromatic rings. The van der Waals surface area contributed by atoms with Gasteiger partial charge in [0.2, 0.25) is 0 Å². The van der Waals surface area contributed by atoms with Crippen LogP contribution in [0.25, 0.3) is 16.3 Å². The summed E-state index contributed by atoms with van der Waals surface area (Å²) in [7, 11) is 0. The molecule has 0 fully saturated rings. The van der Waals surface area contributed by atoms with Gasteiger partial charge in [-0.25, -0.2) is 9.67 Å². The maximum Gasteiger partial charge on any atom is 0.180 e. The number of fused-ring (bicyclic) bond motifs is 3. The summed E-state index contributed by atoms with van der Waals surface area (Å²) < 4.78 is 1.99. The summed E-state index contributed by atoms with van der Waals surface area (Å²) >= 11 is 1.55. The Hall–Kier alpha value is -2.14. The van der Waals surface area contributed by atoms with Crippen molar-refractivity contribution in [2.45, 2.75) is 12.8 Å². The zero-order chi connectivity index (χ0) is 12.8. The van der Waals surface area contributed by atoms with Crippen LogP contribution in [-0.4, -0.2) is 14.8 Å². The van der Waals surface area contributed by atoms with E-state index in [1.165, 1.54) is 10.4 Å². The molecule has 94 valence electrons. The monoisotopic (exact) mass is 268 g/mol. The number of para-hydroxylation sites is 1. The van der Waals surface area contributed by atoms with Crippen molar-refractivity contribution in [3.63, 3.8) is 0 Å². The molecule has 4 rings (SSSR count). The summed E-state index contributed by atoms with van der Waals surface area (Å²) in [6.07, 6.45) is 3.90. The third-order valence-electron chi connectivity index (χ3n) is 3.41. The van der Waals surface area contributed by atoms with E-state index in [1.54, 1.807) is 11.3 Å². The lowest BCUT2D eigenvalue weighted by atomic mass is 10.0. The lowest BCUT2D eigenvalue weighted by Crippen LogP contribution is -2.05. The molecular weight excluding hydrogens is 256 g/mol. The van der Waals surface area contributed by atoms with Gasteiger partial charge < -0.3 is 5.73 Å². The molecule has 0 spiro atoms. The summed E-state index contributed by atoms with van der Waals surface area (Å²) in [4.78, 5) is 5.59. The Balaban J connectivity index is 1.97. The summed E-state index contributed by atoms with van der Waals surface area (Å²) in [5.41, 5.74) is 10.5. The van der Waals surface area contributed by atoms with Crippen LogP contribution in [0.3, 0.4) is 0 Å². The number of nitrogens with zero attached hydrogens (tertiary/aromatic N) is 3. The number of nitrogens with two attached hydrogens (primary N) is 1. The Labute approximate surface area is 114 Å². The molecule has 1 aliphatic rings. The molecule has 0 saturated heterocycles. The lowest BCUT2D eigenvalue weighted by Gasteiger charge is -2.13. The molecule has 0 bridgehead atoms. The number of hydrogen-bond acceptors (Lipinski definition) is 4. The Morgan fingerprint density at radius 2 is 2.00 bits per heavy atom. The molecule has 19 heavy (non-hydrogen) atoms. The number of hydrogen-bond donors (Lipinski definition) is 1. The van der Waals surface area contributed by atoms with Crippen molar-refractivity contribution in [3.8, 4) is 16.3 Å². The first-order valence-electron chi connectivity index (χ1n) is 6.21. The fourth-order valence-electron chi connectivity index (χ4n) is 2.55. The van der Waals surface area contributed by atoms with Gasteiger partial charge in [0.25, 0.3) is 0 Å². The van der Waals surface area contributed by atoms with Gasteiger partial charge >= 0.3 is 0 Å². The number of rotatable bonds is 1. The number of aromatic nitrogens is 3. The van der Waals surface area contributed by atoms with Gasteiger partial charge in [-0.05, 0) is 30.5 Å². The van der Waals surface area contributed by atoms with Crippen molar-refractivity contribution in [2.24, 2.45) is 0 Å². The molecule has 4 nitrogen and oxygen atoms in total. The zero-order valence-corrected chi connectivity index (χ0v) is 11.0. The molecule has 1 aromatic carbocycles. The molecule has 2 aromatic heterocycles. The molecule has 0 atom stereocenters. The lowest BCUT2D eigenvalue weighted by molar-refractivity contribution is 0.872. The van der Waals surface area contributed by atoms with Gasteiger partial charge in [-0.2, -0.15) is 5.10 Å². The predicted molar refractivity (Wildman–Crippen MR) is 76.5 cm³/mol. The molecule has 2 heterocycles. The highest BCUT2D eigenvalue weighted by atomic mass is 32.1. The highest BCUT2D eigenvalue weighted by Crippen LogP contribution is 2.39. The van der Waals surface area contributed by atoms with Crippen LogP contribution in [-0.2, 0) is 12.8 Å². The zero-order valence-electron chi connectivity index (χ0n) is 10.2. The summed E-state index contributed by atoms with van der Waals surface area (Å²) in [6, 6.07) is 10.2. The van der Waals surface area contributed by atoms with Crippen molar-refractivity contribution < 1.29 is 0 Å². The van der Waals surface area contributed by atoms with E-state index < -0.39 is 0 Å². The van der Waals surface area contributed by atoms with Crippen LogP contribution in [0, 0.1) is 0 Å². The van der Waals surface area contributed by atoms with E-state index in [0.29, 0.717) is 5.13 Å². The average Bonchev–Trinajstić information content (AvgIpc) is 3.01. The standard InChI is InChI=1S/C14H12N4S/c15-14-17-11-7-6-9-8-16-18(12(9)13(11)19-14)10-4-2-1-3-5-10/h1-5,8H,6-7H2,(H2,15,17). The Bertz CT molecular complexity index is 742. The second kappa shape index (κ2) is 3.93. The van der Waals surface area contributed by atoms with Gasteiger partial charge in [-0.3, -0.25) is 0 Å². The van der Waals surface area contributed by atoms with Crippen LogP contribution >= 0.6 is 11.3 Å². The Morgan fingerprint density at radius 3 is 2.84 bits per heavy atom. The number of anilines is 1. The quantitative estimate of drug-likeness (QED) is 0.738. The molecule has 0 radical (unpaired) electrons. The van der Waals surface area contributed by atoms with E-state index in [0.717, 1.165) is 29.9 Å². The largest absolute Gasteiger partial charge is 0.375 e. The van der Waals surface area contributed by atoms with Crippen molar-refractivity contribution >= 4 is 16.5 Å². The maximum atomic E-state index is 5.85. The Morgan fingerprint density at radius 1 is 1.16 bits per heavy atom. The first-order chi connectivity index (χ1) is 9.33. The molecular formula is C14H12N4S. The van der Waals surface area contributed by atoms with Crippen LogP contribution in [0.5, 0.6) is 0 Å². The fourth-order valence-corrected chi connectivity index (χ4v) is 3.49. The van der Waals surface area contributed by atoms with Crippen molar-refractivity contribution in [1.82, 2.24) is 14.8 Å². The molecule has 0 amide bonds. The number of aryl methyl sites for hydroxylation is 2. The summed E-state index contributed by atoms with van der Waals surface area (Å²) in [5.74, 6) is 0. The molecule has 5 heteroatoms. The van der Waals surface area contributed by atoms with E-state index in [9.17, 15) is 0 Å². The van der Waals surface area contributed by atoms with Crippen LogP contribution in [0.1, 0.15) is 11.3 Å². The normalized spacial score (nSPS) is 13.1. The minimum Gasteiger partial charge on any atom is -0.375 e. The van der Waals surface area contributed by atoms with Gasteiger partial charge in [-0.1, -0.05) is 29.5 Å². The third kappa shape index (κ3) is 1.58. The second-order valence-electron chi connectivity index (χ2n) is 4.59. The first kappa shape index (κ1) is 10.8. The third-order valence-corrected chi connectivity index (χ3v) is 4.34. The van der Waals surface area contributed by atoms with Crippen LogP contribution in [0.2, 0.25) is 0 Å². The van der Waals surface area contributed by atoms with Crippen LogP contribution in [0.4, 0.5) is 5.13 Å². The predicted octanol–water partition coefficient (Wildman–Crippen LogP) is 2.68. The molecule has 2 N–H and O–H groups in total. The van der Waals surface area contributed by atoms with Gasteiger partial charge in [0.1, 0.15) is 0 Å².